The number of nitrogens with zero attached hydrogens (tertiary/aromatic N) is 2. The number of benzene rings is 12. The zero-order valence-corrected chi connectivity index (χ0v) is 41.5. The molecule has 352 valence electrons. The Balaban J connectivity index is 0.971. The quantitative estimate of drug-likeness (QED) is 0.167. The van der Waals surface area contributed by atoms with Crippen LogP contribution >= 0.6 is 0 Å². The van der Waals surface area contributed by atoms with Gasteiger partial charge in [0.15, 0.2) is 0 Å². The Labute approximate surface area is 441 Å². The summed E-state index contributed by atoms with van der Waals surface area (Å²) in [5, 5.41) is 2.55. The molecule has 1 aliphatic heterocycles. The van der Waals surface area contributed by atoms with Crippen molar-refractivity contribution in [3.05, 3.63) is 324 Å². The Hall–Kier alpha value is -9.76. The zero-order valence-electron chi connectivity index (χ0n) is 41.5. The lowest BCUT2D eigenvalue weighted by Gasteiger charge is -2.40. The molecule has 1 unspecified atom stereocenters. The maximum absolute atomic E-state index is 2.60. The number of aromatic nitrogens is 1. The van der Waals surface area contributed by atoms with Crippen LogP contribution in [0.5, 0.6) is 0 Å². The van der Waals surface area contributed by atoms with Crippen molar-refractivity contribution < 1.29 is 0 Å². The van der Waals surface area contributed by atoms with E-state index in [-0.39, 0.29) is 0 Å². The van der Waals surface area contributed by atoms with Gasteiger partial charge in [-0.3, -0.25) is 0 Å². The van der Waals surface area contributed by atoms with Crippen molar-refractivity contribution in [2.75, 3.05) is 4.90 Å². The standard InChI is InChI=1S/C74H46N2/c1-2-20-47(21-3-1)48-40-42-49(43-41-48)51-22-8-15-36-67(51)75(70-39-19-34-64-71(70)58-27-7-13-32-62(58)73(64)59-29-10-4-23-52(59)53-24-5-11-30-60(53)73)50-44-45-55-54-25-6-12-31-61(54)74(66(55)46-50)63-33-14-17-38-69(63)76-68-37-16-9-26-56(68)57-28-18-35-65(74)72(57)76/h1-46H. The molecular formula is C74H46N2. The van der Waals surface area contributed by atoms with E-state index in [1.54, 1.807) is 0 Å². The van der Waals surface area contributed by atoms with Crippen LogP contribution in [-0.2, 0) is 10.8 Å². The molecule has 2 heterocycles. The van der Waals surface area contributed by atoms with Gasteiger partial charge in [0.05, 0.1) is 38.9 Å². The van der Waals surface area contributed by atoms with Crippen LogP contribution in [-0.4, -0.2) is 4.57 Å². The smallest absolute Gasteiger partial charge is 0.0755 e. The lowest BCUT2D eigenvalue weighted by atomic mass is 9.65. The molecule has 0 radical (unpaired) electrons. The maximum Gasteiger partial charge on any atom is 0.0755 e. The van der Waals surface area contributed by atoms with E-state index in [0.717, 1.165) is 28.2 Å². The lowest BCUT2D eigenvalue weighted by molar-refractivity contribution is 0.748. The molecule has 76 heavy (non-hydrogen) atoms. The molecule has 0 fully saturated rings. The third-order valence-corrected chi connectivity index (χ3v) is 17.6. The second-order valence-electron chi connectivity index (χ2n) is 21.0. The van der Waals surface area contributed by atoms with Gasteiger partial charge in [0.25, 0.3) is 0 Å². The summed E-state index contributed by atoms with van der Waals surface area (Å²) in [7, 11) is 0. The fraction of sp³-hybridized carbons (Fsp3) is 0.0270. The molecule has 0 saturated heterocycles. The van der Waals surface area contributed by atoms with E-state index in [1.807, 2.05) is 0 Å². The lowest BCUT2D eigenvalue weighted by Crippen LogP contribution is -2.33. The Bertz CT molecular complexity index is 4550. The predicted molar refractivity (Wildman–Crippen MR) is 313 cm³/mol. The molecule has 2 nitrogen and oxygen atoms in total. The van der Waals surface area contributed by atoms with Crippen LogP contribution in [0, 0.1) is 0 Å². The van der Waals surface area contributed by atoms with Gasteiger partial charge in [0, 0.05) is 27.6 Å². The average Bonchev–Trinajstić information content (AvgIpc) is 4.11. The van der Waals surface area contributed by atoms with Crippen LogP contribution in [0.3, 0.4) is 0 Å². The largest absolute Gasteiger partial charge is 0.309 e. The fourth-order valence-electron chi connectivity index (χ4n) is 14.8. The Kier molecular flexibility index (Phi) is 8.44. The summed E-state index contributed by atoms with van der Waals surface area (Å²) in [6, 6.07) is 105. The monoisotopic (exact) mass is 962 g/mol. The molecule has 1 aromatic heterocycles. The molecule has 3 aliphatic carbocycles. The summed E-state index contributed by atoms with van der Waals surface area (Å²) in [6.45, 7) is 0. The van der Waals surface area contributed by atoms with Crippen LogP contribution in [0.4, 0.5) is 17.1 Å². The topological polar surface area (TPSA) is 8.17 Å². The fourth-order valence-corrected chi connectivity index (χ4v) is 14.8. The van der Waals surface area contributed by atoms with E-state index in [9.17, 15) is 0 Å². The van der Waals surface area contributed by atoms with Crippen molar-refractivity contribution in [3.63, 3.8) is 0 Å². The van der Waals surface area contributed by atoms with Gasteiger partial charge in [-0.25, -0.2) is 0 Å². The van der Waals surface area contributed by atoms with Gasteiger partial charge in [-0.05, 0) is 125 Å². The summed E-state index contributed by atoms with van der Waals surface area (Å²) in [5.41, 5.74) is 28.9. The highest BCUT2D eigenvalue weighted by Crippen LogP contribution is 2.66. The number of para-hydroxylation sites is 4. The maximum atomic E-state index is 2.60. The molecule has 0 N–H and O–H groups in total. The molecule has 0 amide bonds. The van der Waals surface area contributed by atoms with Gasteiger partial charge in [-0.2, -0.15) is 0 Å². The molecule has 4 aliphatic rings. The first-order chi connectivity index (χ1) is 37.7. The number of rotatable bonds is 5. The predicted octanol–water partition coefficient (Wildman–Crippen LogP) is 18.6. The van der Waals surface area contributed by atoms with E-state index in [4.69, 9.17) is 0 Å². The minimum Gasteiger partial charge on any atom is -0.309 e. The SMILES string of the molecule is c1ccc(-c2ccc(-c3ccccc3N(c3ccc4c(c3)C3(c5ccccc5-4)c4ccccc4-n4c5ccccc5c5cccc3c54)c3cccc4c3-c3ccccc3C43c4ccccc4-c4ccccc43)cc2)cc1. The summed E-state index contributed by atoms with van der Waals surface area (Å²) in [4.78, 5) is 2.60. The van der Waals surface area contributed by atoms with Crippen molar-refractivity contribution in [2.45, 2.75) is 10.8 Å². The minimum absolute atomic E-state index is 0.500. The number of fused-ring (bicyclic) bond motifs is 22. The molecule has 2 heteroatoms. The summed E-state index contributed by atoms with van der Waals surface area (Å²) in [6.07, 6.45) is 0. The van der Waals surface area contributed by atoms with Crippen molar-refractivity contribution in [1.29, 1.82) is 0 Å². The first-order valence-corrected chi connectivity index (χ1v) is 26.6. The third-order valence-electron chi connectivity index (χ3n) is 17.6. The van der Waals surface area contributed by atoms with Crippen molar-refractivity contribution in [2.24, 2.45) is 0 Å². The Morgan fingerprint density at radius 2 is 0.750 bits per heavy atom. The van der Waals surface area contributed by atoms with Crippen LogP contribution in [0.15, 0.2) is 279 Å². The van der Waals surface area contributed by atoms with Gasteiger partial charge in [-0.15, -0.1) is 0 Å². The molecule has 2 spiro atoms. The van der Waals surface area contributed by atoms with Crippen LogP contribution in [0.1, 0.15) is 44.5 Å². The summed E-state index contributed by atoms with van der Waals surface area (Å²) >= 11 is 0. The van der Waals surface area contributed by atoms with Gasteiger partial charge in [0.2, 0.25) is 0 Å². The van der Waals surface area contributed by atoms with Gasteiger partial charge in [-0.1, -0.05) is 243 Å². The second kappa shape index (κ2) is 15.4. The van der Waals surface area contributed by atoms with Crippen LogP contribution in [0.2, 0.25) is 0 Å². The summed E-state index contributed by atoms with van der Waals surface area (Å²) < 4.78 is 2.54. The van der Waals surface area contributed by atoms with E-state index in [1.165, 1.54) is 117 Å². The van der Waals surface area contributed by atoms with Gasteiger partial charge in [0.1, 0.15) is 0 Å². The van der Waals surface area contributed by atoms with Crippen molar-refractivity contribution in [3.8, 4) is 61.3 Å². The van der Waals surface area contributed by atoms with Crippen molar-refractivity contribution in [1.82, 2.24) is 4.57 Å². The average molecular weight is 963 g/mol. The molecule has 0 bridgehead atoms. The van der Waals surface area contributed by atoms with E-state index >= 15 is 0 Å². The van der Waals surface area contributed by atoms with E-state index in [0.29, 0.717) is 0 Å². The molecule has 17 rings (SSSR count). The first-order valence-electron chi connectivity index (χ1n) is 26.6. The van der Waals surface area contributed by atoms with Crippen LogP contribution in [0.25, 0.3) is 83.1 Å². The number of hydrogen-bond donors (Lipinski definition) is 0. The molecule has 12 aromatic carbocycles. The van der Waals surface area contributed by atoms with Crippen molar-refractivity contribution >= 4 is 38.9 Å². The third kappa shape index (κ3) is 5.20. The van der Waals surface area contributed by atoms with E-state index in [2.05, 4.69) is 289 Å². The molecule has 13 aromatic rings. The number of hydrogen-bond acceptors (Lipinski definition) is 1. The second-order valence-corrected chi connectivity index (χ2v) is 21.0. The number of anilines is 3. The highest BCUT2D eigenvalue weighted by molar-refractivity contribution is 6.13. The highest BCUT2D eigenvalue weighted by Gasteiger charge is 2.54. The Morgan fingerprint density at radius 3 is 1.47 bits per heavy atom. The molecular weight excluding hydrogens is 917 g/mol. The normalized spacial score (nSPS) is 15.3. The molecule has 0 saturated carbocycles. The van der Waals surface area contributed by atoms with Crippen LogP contribution < -0.4 is 4.90 Å². The minimum atomic E-state index is -0.618. The van der Waals surface area contributed by atoms with E-state index < -0.39 is 10.8 Å². The molecule has 1 atom stereocenters. The highest BCUT2D eigenvalue weighted by atomic mass is 15.1. The summed E-state index contributed by atoms with van der Waals surface area (Å²) in [5.74, 6) is 0. The first kappa shape index (κ1) is 41.7. The van der Waals surface area contributed by atoms with Gasteiger partial charge < -0.3 is 9.47 Å². The Morgan fingerprint density at radius 1 is 0.276 bits per heavy atom. The van der Waals surface area contributed by atoms with Gasteiger partial charge >= 0.3 is 0 Å². The zero-order chi connectivity index (χ0) is 49.7.